The summed E-state index contributed by atoms with van der Waals surface area (Å²) >= 11 is 0. The predicted octanol–water partition coefficient (Wildman–Crippen LogP) is 5.00. The highest BCUT2D eigenvalue weighted by Gasteiger charge is 2.23. The number of hydrogen-bond donors (Lipinski definition) is 1. The molecule has 2 heterocycles. The molecule has 9 heteroatoms. The number of ether oxygens (including phenoxy) is 1. The summed E-state index contributed by atoms with van der Waals surface area (Å²) in [6.07, 6.45) is 1.55. The van der Waals surface area contributed by atoms with Crippen LogP contribution in [-0.4, -0.2) is 41.7 Å². The molecule has 1 aliphatic rings. The Balaban J connectivity index is 1.67. The molecular formula is C28H29N5O4. The van der Waals surface area contributed by atoms with E-state index in [1.54, 1.807) is 18.2 Å². The Kier molecular flexibility index (Phi) is 7.41. The molecule has 1 amide bonds. The molecule has 1 fully saturated rings. The third kappa shape index (κ3) is 5.39. The summed E-state index contributed by atoms with van der Waals surface area (Å²) in [4.78, 5) is 26.4. The molecule has 1 aliphatic heterocycles. The van der Waals surface area contributed by atoms with Crippen molar-refractivity contribution in [1.29, 1.82) is 5.26 Å². The number of rotatable bonds is 6. The van der Waals surface area contributed by atoms with Crippen LogP contribution in [0.2, 0.25) is 0 Å². The van der Waals surface area contributed by atoms with E-state index in [-0.39, 0.29) is 16.2 Å². The van der Waals surface area contributed by atoms with Crippen molar-refractivity contribution in [2.45, 2.75) is 27.7 Å². The van der Waals surface area contributed by atoms with Crippen LogP contribution in [-0.2, 0) is 9.53 Å². The van der Waals surface area contributed by atoms with Gasteiger partial charge in [-0.1, -0.05) is 17.7 Å². The van der Waals surface area contributed by atoms with Crippen molar-refractivity contribution in [2.24, 2.45) is 0 Å². The minimum absolute atomic E-state index is 0.0227. The lowest BCUT2D eigenvalue weighted by atomic mass is 10.1. The highest BCUT2D eigenvalue weighted by Crippen LogP contribution is 2.33. The number of hydrogen-bond acceptors (Lipinski definition) is 6. The van der Waals surface area contributed by atoms with Gasteiger partial charge in [-0.3, -0.25) is 14.9 Å². The zero-order chi connectivity index (χ0) is 26.7. The van der Waals surface area contributed by atoms with Gasteiger partial charge in [-0.25, -0.2) is 0 Å². The van der Waals surface area contributed by atoms with Crippen LogP contribution in [0.3, 0.4) is 0 Å². The lowest BCUT2D eigenvalue weighted by Crippen LogP contribution is -2.36. The zero-order valence-electron chi connectivity index (χ0n) is 21.4. The van der Waals surface area contributed by atoms with Crippen LogP contribution in [0, 0.1) is 49.1 Å². The Hall–Kier alpha value is -4.42. The first-order chi connectivity index (χ1) is 17.7. The van der Waals surface area contributed by atoms with Crippen molar-refractivity contribution in [3.05, 3.63) is 86.2 Å². The molecule has 0 aliphatic carbocycles. The van der Waals surface area contributed by atoms with Gasteiger partial charge in [0.2, 0.25) is 0 Å². The Morgan fingerprint density at radius 1 is 1.11 bits per heavy atom. The van der Waals surface area contributed by atoms with Gasteiger partial charge in [0.1, 0.15) is 17.3 Å². The van der Waals surface area contributed by atoms with E-state index in [2.05, 4.69) is 5.32 Å². The van der Waals surface area contributed by atoms with Gasteiger partial charge >= 0.3 is 0 Å². The summed E-state index contributed by atoms with van der Waals surface area (Å²) < 4.78 is 7.27. The van der Waals surface area contributed by atoms with Crippen molar-refractivity contribution in [2.75, 3.05) is 36.5 Å². The number of carbonyl (C=O) groups excluding carboxylic acids is 1. The molecule has 2 aromatic carbocycles. The van der Waals surface area contributed by atoms with Crippen LogP contribution >= 0.6 is 0 Å². The summed E-state index contributed by atoms with van der Waals surface area (Å²) in [6.45, 7) is 9.86. The van der Waals surface area contributed by atoms with E-state index in [9.17, 15) is 20.2 Å². The van der Waals surface area contributed by atoms with Crippen LogP contribution in [0.25, 0.3) is 11.8 Å². The first-order valence-corrected chi connectivity index (χ1v) is 12.0. The normalized spacial score (nSPS) is 13.8. The molecule has 1 aromatic heterocycles. The van der Waals surface area contributed by atoms with Gasteiger partial charge in [-0.2, -0.15) is 5.26 Å². The number of carbonyl (C=O) groups is 1. The minimum atomic E-state index is -0.496. The molecule has 3 aromatic rings. The highest BCUT2D eigenvalue weighted by atomic mass is 16.6. The number of nitro benzene ring substituents is 1. The minimum Gasteiger partial charge on any atom is -0.378 e. The summed E-state index contributed by atoms with van der Waals surface area (Å²) in [5.41, 5.74) is 6.10. The fourth-order valence-corrected chi connectivity index (χ4v) is 4.65. The van der Waals surface area contributed by atoms with Crippen molar-refractivity contribution < 1.29 is 14.5 Å². The fourth-order valence-electron chi connectivity index (χ4n) is 4.65. The molecule has 0 radical (unpaired) electrons. The van der Waals surface area contributed by atoms with Crippen LogP contribution in [0.1, 0.15) is 28.1 Å². The second-order valence-electron chi connectivity index (χ2n) is 9.13. The van der Waals surface area contributed by atoms with E-state index < -0.39 is 5.91 Å². The maximum atomic E-state index is 12.9. The standard InChI is InChI=1S/C28H29N5O4/c1-18-5-7-25(19(2)13-18)30-28(34)23(17-29)15-22-14-20(3)32(21(22)4)24-6-8-26(27(16-24)33(35)36)31-9-11-37-12-10-31/h5-8,13-16H,9-12H2,1-4H3,(H,30,34)/b23-15+. The molecule has 9 nitrogen and oxygen atoms in total. The second-order valence-corrected chi connectivity index (χ2v) is 9.13. The molecule has 0 atom stereocenters. The Morgan fingerprint density at radius 2 is 1.84 bits per heavy atom. The number of amides is 1. The van der Waals surface area contributed by atoms with Gasteiger partial charge in [-0.15, -0.1) is 0 Å². The lowest BCUT2D eigenvalue weighted by molar-refractivity contribution is -0.384. The van der Waals surface area contributed by atoms with Gasteiger partial charge in [0.25, 0.3) is 11.6 Å². The van der Waals surface area contributed by atoms with Gasteiger partial charge in [-0.05, 0) is 69.2 Å². The van der Waals surface area contributed by atoms with E-state index >= 15 is 0 Å². The zero-order valence-corrected chi connectivity index (χ0v) is 21.4. The van der Waals surface area contributed by atoms with Crippen LogP contribution in [0.15, 0.2) is 48.0 Å². The molecule has 0 saturated carbocycles. The number of nitrogens with zero attached hydrogens (tertiary/aromatic N) is 4. The topological polar surface area (TPSA) is 113 Å². The summed E-state index contributed by atoms with van der Waals surface area (Å²) in [5, 5.41) is 24.4. The number of anilines is 2. The van der Waals surface area contributed by atoms with Gasteiger partial charge in [0.15, 0.2) is 0 Å². The summed E-state index contributed by atoms with van der Waals surface area (Å²) in [6, 6.07) is 14.7. The molecule has 0 bridgehead atoms. The van der Waals surface area contributed by atoms with E-state index in [1.165, 1.54) is 0 Å². The average molecular weight is 500 g/mol. The Morgan fingerprint density at radius 3 is 2.49 bits per heavy atom. The summed E-state index contributed by atoms with van der Waals surface area (Å²) in [5.74, 6) is -0.496. The SMILES string of the molecule is Cc1ccc(NC(=O)/C(C#N)=C/c2cc(C)n(-c3ccc(N4CCOCC4)c([N+](=O)[O-])c3)c2C)c(C)c1. The molecule has 0 unspecified atom stereocenters. The molecule has 37 heavy (non-hydrogen) atoms. The van der Waals surface area contributed by atoms with Crippen molar-refractivity contribution in [3.8, 4) is 11.8 Å². The third-order valence-electron chi connectivity index (χ3n) is 6.53. The number of morpholine rings is 1. The van der Waals surface area contributed by atoms with E-state index in [0.717, 1.165) is 22.5 Å². The quantitative estimate of drug-likeness (QED) is 0.221. The highest BCUT2D eigenvalue weighted by molar-refractivity contribution is 6.10. The lowest BCUT2D eigenvalue weighted by Gasteiger charge is -2.28. The number of benzene rings is 2. The number of aromatic nitrogens is 1. The van der Waals surface area contributed by atoms with Crippen molar-refractivity contribution >= 4 is 29.0 Å². The molecule has 1 saturated heterocycles. The molecule has 190 valence electrons. The van der Waals surface area contributed by atoms with Crippen LogP contribution in [0.5, 0.6) is 0 Å². The molecular weight excluding hydrogens is 470 g/mol. The molecule has 4 rings (SSSR count). The number of nitriles is 1. The largest absolute Gasteiger partial charge is 0.378 e. The first kappa shape index (κ1) is 25.7. The Bertz CT molecular complexity index is 1440. The van der Waals surface area contributed by atoms with Crippen molar-refractivity contribution in [3.63, 3.8) is 0 Å². The third-order valence-corrected chi connectivity index (χ3v) is 6.53. The summed E-state index contributed by atoms with van der Waals surface area (Å²) in [7, 11) is 0. The van der Waals surface area contributed by atoms with Crippen molar-refractivity contribution in [1.82, 2.24) is 4.57 Å². The number of nitro groups is 1. The monoisotopic (exact) mass is 499 g/mol. The Labute approximate surface area is 215 Å². The number of aryl methyl sites for hydroxylation is 3. The average Bonchev–Trinajstić information content (AvgIpc) is 3.16. The van der Waals surface area contributed by atoms with E-state index in [1.807, 2.05) is 73.6 Å². The first-order valence-electron chi connectivity index (χ1n) is 12.0. The molecule has 0 spiro atoms. The van der Waals surface area contributed by atoms with Crippen LogP contribution < -0.4 is 10.2 Å². The maximum absolute atomic E-state index is 12.9. The maximum Gasteiger partial charge on any atom is 0.294 e. The molecule has 1 N–H and O–H groups in total. The van der Waals surface area contributed by atoms with E-state index in [4.69, 9.17) is 4.74 Å². The predicted molar refractivity (Wildman–Crippen MR) is 143 cm³/mol. The van der Waals surface area contributed by atoms with Gasteiger partial charge in [0, 0.05) is 36.2 Å². The van der Waals surface area contributed by atoms with Gasteiger partial charge < -0.3 is 19.5 Å². The van der Waals surface area contributed by atoms with Crippen LogP contribution in [0.4, 0.5) is 17.1 Å². The smallest absolute Gasteiger partial charge is 0.294 e. The van der Waals surface area contributed by atoms with E-state index in [0.29, 0.717) is 48.9 Å². The second kappa shape index (κ2) is 10.7. The van der Waals surface area contributed by atoms with Gasteiger partial charge in [0.05, 0.1) is 23.8 Å². The fraction of sp³-hybridized carbons (Fsp3) is 0.286. The number of nitrogens with one attached hydrogen (secondary N) is 1.